The molecule has 0 bridgehead atoms. The lowest BCUT2D eigenvalue weighted by atomic mass is 10.1. The molecule has 3 heteroatoms. The van der Waals surface area contributed by atoms with Crippen LogP contribution in [0.5, 0.6) is 0 Å². The molecule has 0 fully saturated rings. The molecule has 0 aliphatic carbocycles. The molecule has 0 amide bonds. The van der Waals surface area contributed by atoms with Crippen molar-refractivity contribution < 1.29 is 0 Å². The summed E-state index contributed by atoms with van der Waals surface area (Å²) in [5, 5.41) is 3.82. The van der Waals surface area contributed by atoms with Crippen molar-refractivity contribution in [3.8, 4) is 0 Å². The molecule has 1 N–H and O–H groups in total. The van der Waals surface area contributed by atoms with Crippen molar-refractivity contribution in [3.63, 3.8) is 0 Å². The van der Waals surface area contributed by atoms with Crippen LogP contribution in [0.3, 0.4) is 0 Å². The zero-order chi connectivity index (χ0) is 9.84. The molecule has 1 aromatic rings. The van der Waals surface area contributed by atoms with E-state index >= 15 is 0 Å². The second-order valence-electron chi connectivity index (χ2n) is 3.52. The summed E-state index contributed by atoms with van der Waals surface area (Å²) in [4.78, 5) is 4.15. The van der Waals surface area contributed by atoms with Crippen molar-refractivity contribution in [1.29, 1.82) is 0 Å². The molecule has 0 radical (unpaired) electrons. The van der Waals surface area contributed by atoms with Crippen LogP contribution in [-0.4, -0.2) is 11.0 Å². The molecule has 0 unspecified atom stereocenters. The average Bonchev–Trinajstić information content (AvgIpc) is 2.04. The highest BCUT2D eigenvalue weighted by Gasteiger charge is 2.06. The van der Waals surface area contributed by atoms with Gasteiger partial charge in [0.05, 0.1) is 0 Å². The van der Waals surface area contributed by atoms with Crippen molar-refractivity contribution in [2.24, 2.45) is 5.92 Å². The number of nitrogens with one attached hydrogen (secondary N) is 1. The summed E-state index contributed by atoms with van der Waals surface area (Å²) in [5.41, 5.74) is 0. The Morgan fingerprint density at radius 3 is 2.54 bits per heavy atom. The minimum absolute atomic E-state index is 0.408. The fourth-order valence-electron chi connectivity index (χ4n) is 0.889. The summed E-state index contributed by atoms with van der Waals surface area (Å²) in [7, 11) is 0. The number of halogens is 1. The van der Waals surface area contributed by atoms with Gasteiger partial charge in [-0.05, 0) is 25.0 Å². The lowest BCUT2D eigenvalue weighted by molar-refractivity contribution is 0.558. The molecule has 13 heavy (non-hydrogen) atoms. The summed E-state index contributed by atoms with van der Waals surface area (Å²) in [5.74, 6) is 1.43. The van der Waals surface area contributed by atoms with Crippen LogP contribution in [-0.2, 0) is 0 Å². The molecule has 1 atom stereocenters. The molecule has 0 aromatic carbocycles. The first kappa shape index (κ1) is 10.3. The van der Waals surface area contributed by atoms with E-state index in [-0.39, 0.29) is 0 Å². The number of anilines is 1. The van der Waals surface area contributed by atoms with Crippen LogP contribution in [0.2, 0.25) is 5.15 Å². The first-order valence-electron chi connectivity index (χ1n) is 4.48. The van der Waals surface area contributed by atoms with Crippen LogP contribution in [0.1, 0.15) is 20.8 Å². The average molecular weight is 199 g/mol. The fraction of sp³-hybridized carbons (Fsp3) is 0.500. The molecule has 72 valence electrons. The van der Waals surface area contributed by atoms with E-state index in [1.165, 1.54) is 0 Å². The standard InChI is InChI=1S/C10H15ClN2/c1-7(2)8(3)12-10-6-4-5-9(11)13-10/h4-8H,1-3H3,(H,12,13)/t8-/m1/s1. The van der Waals surface area contributed by atoms with Gasteiger partial charge in [-0.3, -0.25) is 0 Å². The minimum Gasteiger partial charge on any atom is -0.367 e. The third kappa shape index (κ3) is 3.23. The molecule has 1 aromatic heterocycles. The molecule has 0 aliphatic rings. The molecule has 1 rings (SSSR count). The molecule has 0 aliphatic heterocycles. The maximum atomic E-state index is 5.76. The van der Waals surface area contributed by atoms with E-state index in [0.717, 1.165) is 5.82 Å². The van der Waals surface area contributed by atoms with E-state index in [9.17, 15) is 0 Å². The Balaban J connectivity index is 2.64. The van der Waals surface area contributed by atoms with E-state index in [0.29, 0.717) is 17.1 Å². The largest absolute Gasteiger partial charge is 0.367 e. The Labute approximate surface area is 84.3 Å². The first-order chi connectivity index (χ1) is 6.09. The van der Waals surface area contributed by atoms with Crippen molar-refractivity contribution in [2.45, 2.75) is 26.8 Å². The van der Waals surface area contributed by atoms with Crippen LogP contribution < -0.4 is 5.32 Å². The van der Waals surface area contributed by atoms with Gasteiger partial charge in [-0.2, -0.15) is 0 Å². The Morgan fingerprint density at radius 1 is 1.31 bits per heavy atom. The first-order valence-corrected chi connectivity index (χ1v) is 4.86. The fourth-order valence-corrected chi connectivity index (χ4v) is 1.05. The van der Waals surface area contributed by atoms with Crippen LogP contribution in [0, 0.1) is 5.92 Å². The summed E-state index contributed by atoms with van der Waals surface area (Å²) in [6.07, 6.45) is 0. The number of hydrogen-bond acceptors (Lipinski definition) is 2. The summed E-state index contributed by atoms with van der Waals surface area (Å²) in [6, 6.07) is 5.99. The Bertz CT molecular complexity index is 273. The van der Waals surface area contributed by atoms with E-state index in [1.807, 2.05) is 12.1 Å². The Morgan fingerprint density at radius 2 is 2.00 bits per heavy atom. The smallest absolute Gasteiger partial charge is 0.131 e. The highest BCUT2D eigenvalue weighted by molar-refractivity contribution is 6.29. The van der Waals surface area contributed by atoms with Crippen LogP contribution in [0.4, 0.5) is 5.82 Å². The van der Waals surface area contributed by atoms with Crippen molar-refractivity contribution >= 4 is 17.4 Å². The van der Waals surface area contributed by atoms with Crippen molar-refractivity contribution in [3.05, 3.63) is 23.4 Å². The van der Waals surface area contributed by atoms with E-state index in [2.05, 4.69) is 31.1 Å². The van der Waals surface area contributed by atoms with Gasteiger partial charge < -0.3 is 5.32 Å². The van der Waals surface area contributed by atoms with E-state index in [4.69, 9.17) is 11.6 Å². The van der Waals surface area contributed by atoms with Gasteiger partial charge in [-0.15, -0.1) is 0 Å². The second-order valence-corrected chi connectivity index (χ2v) is 3.91. The summed E-state index contributed by atoms with van der Waals surface area (Å²) >= 11 is 5.76. The minimum atomic E-state index is 0.408. The molecule has 0 saturated carbocycles. The van der Waals surface area contributed by atoms with E-state index < -0.39 is 0 Å². The normalized spacial score (nSPS) is 13.0. The Kier molecular flexibility index (Phi) is 3.55. The number of pyridine rings is 1. The predicted molar refractivity (Wildman–Crippen MR) is 57.2 cm³/mol. The molecular weight excluding hydrogens is 184 g/mol. The van der Waals surface area contributed by atoms with Gasteiger partial charge >= 0.3 is 0 Å². The molecular formula is C10H15ClN2. The van der Waals surface area contributed by atoms with Gasteiger partial charge in [0.25, 0.3) is 0 Å². The van der Waals surface area contributed by atoms with Gasteiger partial charge in [0.15, 0.2) is 0 Å². The van der Waals surface area contributed by atoms with Gasteiger partial charge in [-0.25, -0.2) is 4.98 Å². The quantitative estimate of drug-likeness (QED) is 0.755. The number of nitrogens with zero attached hydrogens (tertiary/aromatic N) is 1. The van der Waals surface area contributed by atoms with Crippen molar-refractivity contribution in [2.75, 3.05) is 5.32 Å². The van der Waals surface area contributed by atoms with E-state index in [1.54, 1.807) is 6.07 Å². The third-order valence-electron chi connectivity index (χ3n) is 2.09. The van der Waals surface area contributed by atoms with Gasteiger partial charge in [0.2, 0.25) is 0 Å². The van der Waals surface area contributed by atoms with Crippen LogP contribution in [0.25, 0.3) is 0 Å². The molecule has 0 saturated heterocycles. The Hall–Kier alpha value is -0.760. The summed E-state index contributed by atoms with van der Waals surface area (Å²) in [6.45, 7) is 6.47. The van der Waals surface area contributed by atoms with Gasteiger partial charge in [-0.1, -0.05) is 31.5 Å². The van der Waals surface area contributed by atoms with Crippen LogP contribution in [0.15, 0.2) is 18.2 Å². The van der Waals surface area contributed by atoms with Crippen molar-refractivity contribution in [1.82, 2.24) is 4.98 Å². The highest BCUT2D eigenvalue weighted by atomic mass is 35.5. The number of aromatic nitrogens is 1. The number of rotatable bonds is 3. The molecule has 1 heterocycles. The SMILES string of the molecule is CC(C)[C@@H](C)Nc1cccc(Cl)n1. The molecule has 0 spiro atoms. The lowest BCUT2D eigenvalue weighted by Gasteiger charge is -2.17. The monoisotopic (exact) mass is 198 g/mol. The second kappa shape index (κ2) is 4.47. The maximum Gasteiger partial charge on any atom is 0.131 e. The lowest BCUT2D eigenvalue weighted by Crippen LogP contribution is -2.21. The number of hydrogen-bond donors (Lipinski definition) is 1. The van der Waals surface area contributed by atoms with Crippen LogP contribution >= 0.6 is 11.6 Å². The van der Waals surface area contributed by atoms with Gasteiger partial charge in [0, 0.05) is 6.04 Å². The predicted octanol–water partition coefficient (Wildman–Crippen LogP) is 3.19. The van der Waals surface area contributed by atoms with Gasteiger partial charge in [0.1, 0.15) is 11.0 Å². The zero-order valence-corrected chi connectivity index (χ0v) is 8.97. The third-order valence-corrected chi connectivity index (χ3v) is 2.30. The highest BCUT2D eigenvalue weighted by Crippen LogP contribution is 2.12. The molecule has 2 nitrogen and oxygen atoms in total. The maximum absolute atomic E-state index is 5.76. The topological polar surface area (TPSA) is 24.9 Å². The summed E-state index contributed by atoms with van der Waals surface area (Å²) < 4.78 is 0. The zero-order valence-electron chi connectivity index (χ0n) is 8.21.